The first kappa shape index (κ1) is 25.0. The first-order valence-electron chi connectivity index (χ1n) is 8.09. The number of pyridine rings is 1. The molecule has 1 heterocycles. The maximum absolute atomic E-state index is 14.4. The second-order valence-electron chi connectivity index (χ2n) is 6.32. The normalized spacial score (nSPS) is 14.2. The summed E-state index contributed by atoms with van der Waals surface area (Å²) >= 11 is 11.5. The number of urea groups is 1. The van der Waals surface area contributed by atoms with E-state index in [4.69, 9.17) is 23.2 Å². The Balaban J connectivity index is 2.16. The number of hydrogen-bond acceptors (Lipinski definition) is 3. The topological polar surface area (TPSA) is 74.2 Å². The highest BCUT2D eigenvalue weighted by Gasteiger charge is 2.53. The number of nitrogens with one attached hydrogen (secondary N) is 2. The lowest BCUT2D eigenvalue weighted by Gasteiger charge is -2.28. The summed E-state index contributed by atoms with van der Waals surface area (Å²) < 4.78 is 90.8. The van der Waals surface area contributed by atoms with Gasteiger partial charge >= 0.3 is 18.4 Å². The van der Waals surface area contributed by atoms with Crippen molar-refractivity contribution in [2.24, 2.45) is 0 Å². The van der Waals surface area contributed by atoms with Crippen molar-refractivity contribution < 1.29 is 40.6 Å². The summed E-state index contributed by atoms with van der Waals surface area (Å²) in [5.41, 5.74) is -6.40. The lowest BCUT2D eigenvalue weighted by molar-refractivity contribution is -0.259. The molecule has 5 nitrogen and oxygen atoms in total. The molecule has 14 heteroatoms. The van der Waals surface area contributed by atoms with Crippen molar-refractivity contribution in [2.45, 2.75) is 31.4 Å². The van der Waals surface area contributed by atoms with Crippen LogP contribution in [0, 0.1) is 5.82 Å². The number of anilines is 1. The van der Waals surface area contributed by atoms with Crippen LogP contribution in [0.15, 0.2) is 24.4 Å². The van der Waals surface area contributed by atoms with Gasteiger partial charge < -0.3 is 15.7 Å². The van der Waals surface area contributed by atoms with Crippen molar-refractivity contribution in [3.8, 4) is 0 Å². The summed E-state index contributed by atoms with van der Waals surface area (Å²) in [5.74, 6) is -1.66. The summed E-state index contributed by atoms with van der Waals surface area (Å²) in [6.45, 7) is -0.0441. The molecule has 1 aromatic heterocycles. The van der Waals surface area contributed by atoms with Gasteiger partial charge in [0.2, 0.25) is 0 Å². The standard InChI is InChI=1S/C17H12Cl2F7N3O2/c1-15(31,17(24,25)26)9-4-10(18)13(11(19)12(9)20)29-14(30)28-6-8-3-2-7(5-27-8)16(21,22)23/h2-5,31H,6H2,1H3,(H2,28,29,30). The van der Waals surface area contributed by atoms with Crippen LogP contribution >= 0.6 is 23.2 Å². The number of carbonyl (C=O) groups is 1. The Morgan fingerprint density at radius 2 is 1.77 bits per heavy atom. The number of aliphatic hydroxyl groups is 1. The summed E-state index contributed by atoms with van der Waals surface area (Å²) in [6, 6.07) is 1.16. The molecule has 0 fully saturated rings. The molecule has 0 bridgehead atoms. The highest BCUT2D eigenvalue weighted by atomic mass is 35.5. The largest absolute Gasteiger partial charge is 0.421 e. The Bertz CT molecular complexity index is 978. The molecule has 0 radical (unpaired) electrons. The molecule has 3 N–H and O–H groups in total. The Kier molecular flexibility index (Phi) is 6.98. The SMILES string of the molecule is CC(O)(c1cc(Cl)c(NC(=O)NCc2ccc(C(F)(F)F)cn2)c(Cl)c1F)C(F)(F)F. The third-order valence-corrected chi connectivity index (χ3v) is 4.71. The van der Waals surface area contributed by atoms with Crippen LogP contribution in [0.25, 0.3) is 0 Å². The number of rotatable bonds is 4. The van der Waals surface area contributed by atoms with Gasteiger partial charge in [-0.3, -0.25) is 4.98 Å². The zero-order chi connectivity index (χ0) is 23.8. The number of amides is 2. The molecule has 2 aromatic rings. The molecule has 0 saturated heterocycles. The number of halogens is 9. The van der Waals surface area contributed by atoms with Crippen LogP contribution in [0.2, 0.25) is 10.0 Å². The molecule has 0 spiro atoms. The predicted octanol–water partition coefficient (Wildman–Crippen LogP) is 5.64. The Morgan fingerprint density at radius 1 is 1.16 bits per heavy atom. The van der Waals surface area contributed by atoms with Crippen LogP contribution in [0.3, 0.4) is 0 Å². The molecular formula is C17H12Cl2F7N3O2. The van der Waals surface area contributed by atoms with Gasteiger partial charge in [0, 0.05) is 11.8 Å². The van der Waals surface area contributed by atoms with Gasteiger partial charge in [-0.15, -0.1) is 0 Å². The zero-order valence-electron chi connectivity index (χ0n) is 15.2. The fraction of sp³-hybridized carbons (Fsp3) is 0.294. The van der Waals surface area contributed by atoms with Crippen LogP contribution in [-0.2, 0) is 18.3 Å². The van der Waals surface area contributed by atoms with Crippen molar-refractivity contribution in [2.75, 3.05) is 5.32 Å². The van der Waals surface area contributed by atoms with Crippen LogP contribution in [0.4, 0.5) is 41.2 Å². The number of carbonyl (C=O) groups excluding carboxylic acids is 1. The summed E-state index contributed by atoms with van der Waals surface area (Å²) in [6.07, 6.45) is -9.28. The molecule has 31 heavy (non-hydrogen) atoms. The smallest absolute Gasteiger partial charge is 0.376 e. The maximum Gasteiger partial charge on any atom is 0.421 e. The van der Waals surface area contributed by atoms with E-state index in [1.807, 2.05) is 5.32 Å². The van der Waals surface area contributed by atoms with Crippen molar-refractivity contribution in [1.29, 1.82) is 0 Å². The van der Waals surface area contributed by atoms with Gasteiger partial charge in [-0.1, -0.05) is 23.2 Å². The lowest BCUT2D eigenvalue weighted by atomic mass is 9.94. The van der Waals surface area contributed by atoms with E-state index >= 15 is 0 Å². The minimum absolute atomic E-state index is 0.0445. The van der Waals surface area contributed by atoms with Crippen LogP contribution < -0.4 is 10.6 Å². The fourth-order valence-corrected chi connectivity index (χ4v) is 2.79. The van der Waals surface area contributed by atoms with Crippen LogP contribution in [0.1, 0.15) is 23.7 Å². The van der Waals surface area contributed by atoms with Gasteiger partial charge in [0.15, 0.2) is 5.60 Å². The minimum Gasteiger partial charge on any atom is -0.376 e. The number of nitrogens with zero attached hydrogens (tertiary/aromatic N) is 1. The van der Waals surface area contributed by atoms with Crippen molar-refractivity contribution in [1.82, 2.24) is 10.3 Å². The fourth-order valence-electron chi connectivity index (χ4n) is 2.24. The molecule has 0 aliphatic carbocycles. The number of hydrogen-bond donors (Lipinski definition) is 3. The number of aromatic nitrogens is 1. The van der Waals surface area contributed by atoms with Gasteiger partial charge in [0.25, 0.3) is 0 Å². The van der Waals surface area contributed by atoms with E-state index in [9.17, 15) is 40.6 Å². The lowest BCUT2D eigenvalue weighted by Crippen LogP contribution is -2.40. The molecule has 1 unspecified atom stereocenters. The van der Waals surface area contributed by atoms with E-state index in [2.05, 4.69) is 10.3 Å². The second-order valence-corrected chi connectivity index (χ2v) is 7.11. The zero-order valence-corrected chi connectivity index (χ0v) is 16.7. The van der Waals surface area contributed by atoms with E-state index in [0.717, 1.165) is 12.1 Å². The third kappa shape index (κ3) is 5.49. The average molecular weight is 494 g/mol. The molecule has 0 aliphatic heterocycles. The quantitative estimate of drug-likeness (QED) is 0.381. The van der Waals surface area contributed by atoms with E-state index in [-0.39, 0.29) is 12.2 Å². The van der Waals surface area contributed by atoms with E-state index in [1.165, 1.54) is 0 Å². The van der Waals surface area contributed by atoms with Gasteiger partial charge in [0.1, 0.15) is 10.8 Å². The van der Waals surface area contributed by atoms with Crippen molar-refractivity contribution in [3.63, 3.8) is 0 Å². The molecular weight excluding hydrogens is 482 g/mol. The van der Waals surface area contributed by atoms with Gasteiger partial charge in [-0.25, -0.2) is 9.18 Å². The molecule has 0 saturated carbocycles. The highest BCUT2D eigenvalue weighted by molar-refractivity contribution is 6.40. The average Bonchev–Trinajstić information content (AvgIpc) is 2.65. The van der Waals surface area contributed by atoms with Crippen molar-refractivity contribution in [3.05, 3.63) is 57.1 Å². The third-order valence-electron chi connectivity index (χ3n) is 4.06. The molecule has 170 valence electrons. The maximum atomic E-state index is 14.4. The van der Waals surface area contributed by atoms with Gasteiger partial charge in [-0.05, 0) is 25.1 Å². The number of benzene rings is 1. The minimum atomic E-state index is -5.25. The van der Waals surface area contributed by atoms with E-state index in [0.29, 0.717) is 19.2 Å². The molecule has 1 aromatic carbocycles. The van der Waals surface area contributed by atoms with E-state index in [1.54, 1.807) is 0 Å². The first-order chi connectivity index (χ1) is 14.1. The molecule has 2 rings (SSSR count). The Morgan fingerprint density at radius 3 is 2.26 bits per heavy atom. The first-order valence-corrected chi connectivity index (χ1v) is 8.85. The van der Waals surface area contributed by atoms with E-state index < -0.39 is 56.7 Å². The van der Waals surface area contributed by atoms with Gasteiger partial charge in [0.05, 0.1) is 28.5 Å². The number of alkyl halides is 6. The summed E-state index contributed by atoms with van der Waals surface area (Å²) in [4.78, 5) is 15.5. The molecule has 0 aliphatic rings. The monoisotopic (exact) mass is 493 g/mol. The molecule has 1 atom stereocenters. The Hall–Kier alpha value is -2.31. The summed E-state index contributed by atoms with van der Waals surface area (Å²) in [5, 5.41) is 12.3. The van der Waals surface area contributed by atoms with Crippen molar-refractivity contribution >= 4 is 34.9 Å². The van der Waals surface area contributed by atoms with Crippen LogP contribution in [0.5, 0.6) is 0 Å². The van der Waals surface area contributed by atoms with Crippen LogP contribution in [-0.4, -0.2) is 22.3 Å². The van der Waals surface area contributed by atoms with Gasteiger partial charge in [-0.2, -0.15) is 26.3 Å². The Labute approximate surface area is 180 Å². The predicted molar refractivity (Wildman–Crippen MR) is 97.1 cm³/mol. The highest BCUT2D eigenvalue weighted by Crippen LogP contribution is 2.44. The molecule has 2 amide bonds. The second kappa shape index (κ2) is 8.67. The summed E-state index contributed by atoms with van der Waals surface area (Å²) in [7, 11) is 0.